The Morgan fingerprint density at radius 1 is 1.19 bits per heavy atom. The van der Waals surface area contributed by atoms with E-state index in [0.717, 1.165) is 12.1 Å². The van der Waals surface area contributed by atoms with E-state index in [2.05, 4.69) is 15.6 Å². The molecule has 0 aliphatic carbocycles. The zero-order chi connectivity index (χ0) is 15.9. The van der Waals surface area contributed by atoms with Gasteiger partial charge >= 0.3 is 6.18 Å². The molecular weight excluding hydrogens is 287 g/mol. The van der Waals surface area contributed by atoms with Crippen LogP contribution >= 0.6 is 0 Å². The van der Waals surface area contributed by atoms with Crippen LogP contribution in [0.15, 0.2) is 12.1 Å². The summed E-state index contributed by atoms with van der Waals surface area (Å²) in [4.78, 5) is 4.08. The fraction of sp³-hybridized carbons (Fsp3) is 0.615. The Bertz CT molecular complexity index is 441. The zero-order valence-corrected chi connectivity index (χ0v) is 12.3. The van der Waals surface area contributed by atoms with Crippen molar-refractivity contribution in [3.05, 3.63) is 17.7 Å². The number of anilines is 2. The monoisotopic (exact) mass is 307 g/mol. The Morgan fingerprint density at radius 2 is 1.81 bits per heavy atom. The summed E-state index contributed by atoms with van der Waals surface area (Å²) >= 11 is 0. The number of hydrogen-bond acceptors (Lipinski definition) is 5. The Morgan fingerprint density at radius 3 is 2.29 bits per heavy atom. The molecule has 0 saturated heterocycles. The van der Waals surface area contributed by atoms with Crippen LogP contribution in [0.3, 0.4) is 0 Å². The predicted octanol–water partition coefficient (Wildman–Crippen LogP) is 2.61. The Balaban J connectivity index is 2.87. The highest BCUT2D eigenvalue weighted by atomic mass is 19.4. The maximum Gasteiger partial charge on any atom is 0.416 e. The molecule has 1 atom stereocenters. The minimum Gasteiger partial charge on any atom is -0.382 e. The van der Waals surface area contributed by atoms with Crippen LogP contribution in [-0.4, -0.2) is 45.0 Å². The lowest BCUT2D eigenvalue weighted by Crippen LogP contribution is -2.27. The van der Waals surface area contributed by atoms with Crippen LogP contribution < -0.4 is 10.6 Å². The van der Waals surface area contributed by atoms with Crippen molar-refractivity contribution in [3.63, 3.8) is 0 Å². The van der Waals surface area contributed by atoms with Crippen LogP contribution in [0.1, 0.15) is 12.5 Å². The van der Waals surface area contributed by atoms with E-state index in [1.54, 1.807) is 6.92 Å². The molecule has 0 aromatic carbocycles. The Kier molecular flexibility index (Phi) is 6.70. The number of rotatable bonds is 8. The molecule has 0 bridgehead atoms. The van der Waals surface area contributed by atoms with Gasteiger partial charge in [-0.3, -0.25) is 0 Å². The largest absolute Gasteiger partial charge is 0.416 e. The summed E-state index contributed by atoms with van der Waals surface area (Å²) in [6, 6.07) is 1.96. The minimum absolute atomic E-state index is 0.138. The quantitative estimate of drug-likeness (QED) is 0.773. The summed E-state index contributed by atoms with van der Waals surface area (Å²) < 4.78 is 48.6. The highest BCUT2D eigenvalue weighted by molar-refractivity contribution is 5.49. The van der Waals surface area contributed by atoms with Gasteiger partial charge in [-0.05, 0) is 19.1 Å². The summed E-state index contributed by atoms with van der Waals surface area (Å²) in [7, 11) is 3.03. The maximum absolute atomic E-state index is 12.8. The predicted molar refractivity (Wildman–Crippen MR) is 74.6 cm³/mol. The highest BCUT2D eigenvalue weighted by Gasteiger charge is 2.31. The van der Waals surface area contributed by atoms with E-state index < -0.39 is 11.7 Å². The molecule has 0 amide bonds. The number of alkyl halides is 3. The molecular formula is C13H20F3N3O2. The van der Waals surface area contributed by atoms with Crippen molar-refractivity contribution in [2.75, 3.05) is 44.5 Å². The average Bonchev–Trinajstić information content (AvgIpc) is 2.42. The molecule has 2 N–H and O–H groups in total. The summed E-state index contributed by atoms with van der Waals surface area (Å²) in [5, 5.41) is 5.62. The molecule has 0 aliphatic heterocycles. The van der Waals surface area contributed by atoms with Gasteiger partial charge in [-0.25, -0.2) is 4.98 Å². The van der Waals surface area contributed by atoms with E-state index in [1.165, 1.54) is 14.2 Å². The fourth-order valence-corrected chi connectivity index (χ4v) is 1.67. The van der Waals surface area contributed by atoms with Gasteiger partial charge < -0.3 is 20.1 Å². The van der Waals surface area contributed by atoms with Crippen molar-refractivity contribution < 1.29 is 22.6 Å². The lowest BCUT2D eigenvalue weighted by molar-refractivity contribution is -0.137. The van der Waals surface area contributed by atoms with Crippen LogP contribution in [0.4, 0.5) is 24.8 Å². The third-order valence-corrected chi connectivity index (χ3v) is 2.71. The van der Waals surface area contributed by atoms with Gasteiger partial charge in [-0.2, -0.15) is 13.2 Å². The fourth-order valence-electron chi connectivity index (χ4n) is 1.67. The maximum atomic E-state index is 12.8. The van der Waals surface area contributed by atoms with Crippen LogP contribution in [0.25, 0.3) is 0 Å². The Labute approximate surface area is 121 Å². The normalized spacial score (nSPS) is 13.0. The number of ether oxygens (including phenoxy) is 2. The molecule has 5 nitrogen and oxygen atoms in total. The highest BCUT2D eigenvalue weighted by Crippen LogP contribution is 2.32. The van der Waals surface area contributed by atoms with E-state index in [-0.39, 0.29) is 17.7 Å². The van der Waals surface area contributed by atoms with Gasteiger partial charge in [0, 0.05) is 27.3 Å². The number of nitrogens with zero attached hydrogens (tertiary/aromatic N) is 1. The van der Waals surface area contributed by atoms with E-state index in [4.69, 9.17) is 9.47 Å². The first-order chi connectivity index (χ1) is 9.90. The lowest BCUT2D eigenvalue weighted by Gasteiger charge is -2.17. The molecule has 0 aliphatic rings. The third-order valence-electron chi connectivity index (χ3n) is 2.71. The minimum atomic E-state index is -4.42. The molecule has 8 heteroatoms. The molecule has 1 aromatic heterocycles. The second-order valence-electron chi connectivity index (χ2n) is 4.35. The van der Waals surface area contributed by atoms with Gasteiger partial charge in [0.25, 0.3) is 0 Å². The van der Waals surface area contributed by atoms with Crippen molar-refractivity contribution in [2.45, 2.75) is 19.2 Å². The molecule has 1 heterocycles. The standard InChI is InChI=1S/C13H20F3N3O2/c1-4-17-11-5-9(13(14,15)16)6-12(19-11)18-7-10(21-3)8-20-2/h5-6,10H,4,7-8H2,1-3H3,(H2,17,18,19). The number of pyridine rings is 1. The first-order valence-corrected chi connectivity index (χ1v) is 6.49. The van der Waals surface area contributed by atoms with E-state index >= 15 is 0 Å². The summed E-state index contributed by atoms with van der Waals surface area (Å²) in [5.74, 6) is 0.314. The summed E-state index contributed by atoms with van der Waals surface area (Å²) in [6.07, 6.45) is -4.69. The number of aromatic nitrogens is 1. The van der Waals surface area contributed by atoms with Gasteiger partial charge in [-0.15, -0.1) is 0 Å². The number of halogens is 3. The molecule has 0 saturated carbocycles. The van der Waals surface area contributed by atoms with Gasteiger partial charge in [0.2, 0.25) is 0 Å². The second kappa shape index (κ2) is 8.04. The van der Waals surface area contributed by atoms with Gasteiger partial charge in [0.15, 0.2) is 0 Å². The molecule has 1 aromatic rings. The van der Waals surface area contributed by atoms with Crippen molar-refractivity contribution in [1.82, 2.24) is 4.98 Å². The SMILES string of the molecule is CCNc1cc(C(F)(F)F)cc(NCC(COC)OC)n1. The van der Waals surface area contributed by atoms with Gasteiger partial charge in [-0.1, -0.05) is 0 Å². The van der Waals surface area contributed by atoms with Crippen LogP contribution in [0, 0.1) is 0 Å². The molecule has 120 valence electrons. The van der Waals surface area contributed by atoms with Crippen molar-refractivity contribution >= 4 is 11.6 Å². The number of methoxy groups -OCH3 is 2. The zero-order valence-electron chi connectivity index (χ0n) is 12.3. The number of hydrogen-bond donors (Lipinski definition) is 2. The third kappa shape index (κ3) is 5.76. The van der Waals surface area contributed by atoms with E-state index in [1.807, 2.05) is 0 Å². The van der Waals surface area contributed by atoms with Crippen LogP contribution in [0.5, 0.6) is 0 Å². The average molecular weight is 307 g/mol. The van der Waals surface area contributed by atoms with Crippen molar-refractivity contribution in [2.24, 2.45) is 0 Å². The summed E-state index contributed by atoms with van der Waals surface area (Å²) in [6.45, 7) is 2.90. The van der Waals surface area contributed by atoms with Gasteiger partial charge in [0.05, 0.1) is 18.3 Å². The van der Waals surface area contributed by atoms with Crippen LogP contribution in [-0.2, 0) is 15.7 Å². The molecule has 1 unspecified atom stereocenters. The molecule has 0 fully saturated rings. The topological polar surface area (TPSA) is 55.4 Å². The van der Waals surface area contributed by atoms with Crippen LogP contribution in [0.2, 0.25) is 0 Å². The van der Waals surface area contributed by atoms with Crippen molar-refractivity contribution in [3.8, 4) is 0 Å². The summed E-state index contributed by atoms with van der Waals surface area (Å²) in [5.41, 5.74) is -0.753. The second-order valence-corrected chi connectivity index (χ2v) is 4.35. The Hall–Kier alpha value is -1.54. The lowest BCUT2D eigenvalue weighted by atomic mass is 10.2. The first-order valence-electron chi connectivity index (χ1n) is 6.49. The van der Waals surface area contributed by atoms with E-state index in [9.17, 15) is 13.2 Å². The molecule has 1 rings (SSSR count). The van der Waals surface area contributed by atoms with Crippen molar-refractivity contribution in [1.29, 1.82) is 0 Å². The molecule has 0 spiro atoms. The smallest absolute Gasteiger partial charge is 0.382 e. The first kappa shape index (κ1) is 17.5. The van der Waals surface area contributed by atoms with Gasteiger partial charge in [0.1, 0.15) is 11.6 Å². The molecule has 21 heavy (non-hydrogen) atoms. The van der Waals surface area contributed by atoms with E-state index in [0.29, 0.717) is 19.7 Å². The molecule has 0 radical (unpaired) electrons. The number of nitrogens with one attached hydrogen (secondary N) is 2.